The molecule has 0 aromatic heterocycles. The van der Waals surface area contributed by atoms with Crippen molar-refractivity contribution in [2.45, 2.75) is 44.9 Å². The molecule has 0 aromatic rings. The molecule has 19 heavy (non-hydrogen) atoms. The van der Waals surface area contributed by atoms with Gasteiger partial charge in [0.1, 0.15) is 0 Å². The molecule has 0 aromatic carbocycles. The maximum absolute atomic E-state index is 12.4. The zero-order valence-electron chi connectivity index (χ0n) is 12.7. The van der Waals surface area contributed by atoms with E-state index in [2.05, 4.69) is 48.0 Å². The first-order chi connectivity index (χ1) is 9.06. The Balaban J connectivity index is 2.01. The van der Waals surface area contributed by atoms with Gasteiger partial charge in [-0.25, -0.2) is 0 Å². The maximum Gasteiger partial charge on any atom is 0.241 e. The van der Waals surface area contributed by atoms with Gasteiger partial charge in [-0.05, 0) is 26.9 Å². The summed E-state index contributed by atoms with van der Waals surface area (Å²) < 4.78 is 0. The van der Waals surface area contributed by atoms with Gasteiger partial charge >= 0.3 is 0 Å². The molecule has 2 saturated heterocycles. The van der Waals surface area contributed by atoms with E-state index in [0.29, 0.717) is 6.04 Å². The highest BCUT2D eigenvalue weighted by Crippen LogP contribution is 2.18. The van der Waals surface area contributed by atoms with Gasteiger partial charge in [0.2, 0.25) is 5.91 Å². The summed E-state index contributed by atoms with van der Waals surface area (Å²) in [5.74, 6) is 0.288. The van der Waals surface area contributed by atoms with Crippen LogP contribution < -0.4 is 5.32 Å². The Hall–Kier alpha value is -0.650. The standard InChI is InChI=1S/C14H28N4O/c1-5-12-14(19)18(13(6-2)15-12)10-11-9-16(3)7-8-17(11)4/h11-13,15H,5-10H2,1-4H3. The average Bonchev–Trinajstić information content (AvgIpc) is 2.70. The van der Waals surface area contributed by atoms with Gasteiger partial charge < -0.3 is 9.80 Å². The number of carbonyl (C=O) groups is 1. The fourth-order valence-electron chi connectivity index (χ4n) is 3.12. The molecule has 3 atom stereocenters. The molecule has 2 aliphatic heterocycles. The Labute approximate surface area is 116 Å². The number of hydrogen-bond donors (Lipinski definition) is 1. The van der Waals surface area contributed by atoms with E-state index < -0.39 is 0 Å². The largest absolute Gasteiger partial charge is 0.324 e. The third-order valence-electron chi connectivity index (χ3n) is 4.53. The summed E-state index contributed by atoms with van der Waals surface area (Å²) in [6.45, 7) is 8.33. The highest BCUT2D eigenvalue weighted by molar-refractivity contribution is 5.84. The molecule has 2 aliphatic rings. The maximum atomic E-state index is 12.4. The van der Waals surface area contributed by atoms with E-state index in [1.54, 1.807) is 0 Å². The molecule has 5 nitrogen and oxygen atoms in total. The molecule has 0 aliphatic carbocycles. The summed E-state index contributed by atoms with van der Waals surface area (Å²) in [5, 5.41) is 3.45. The van der Waals surface area contributed by atoms with Crippen LogP contribution in [0.5, 0.6) is 0 Å². The first kappa shape index (κ1) is 14.8. The van der Waals surface area contributed by atoms with E-state index in [0.717, 1.165) is 39.0 Å². The second-order valence-corrected chi connectivity index (χ2v) is 5.94. The van der Waals surface area contributed by atoms with E-state index in [-0.39, 0.29) is 18.1 Å². The van der Waals surface area contributed by atoms with Crippen LogP contribution in [-0.4, -0.2) is 79.1 Å². The lowest BCUT2D eigenvalue weighted by molar-refractivity contribution is -0.131. The van der Waals surface area contributed by atoms with Crippen LogP contribution in [0, 0.1) is 0 Å². The number of hydrogen-bond acceptors (Lipinski definition) is 4. The molecule has 0 bridgehead atoms. The predicted molar refractivity (Wildman–Crippen MR) is 76.9 cm³/mol. The molecule has 3 unspecified atom stereocenters. The fraction of sp³-hybridized carbons (Fsp3) is 0.929. The summed E-state index contributed by atoms with van der Waals surface area (Å²) in [7, 11) is 4.33. The van der Waals surface area contributed by atoms with Crippen LogP contribution in [0.15, 0.2) is 0 Å². The topological polar surface area (TPSA) is 38.8 Å². The molecule has 2 rings (SSSR count). The lowest BCUT2D eigenvalue weighted by Crippen LogP contribution is -2.56. The SMILES string of the molecule is CCC1NC(CC)N(CC2CN(C)CCN2C)C1=O. The monoisotopic (exact) mass is 268 g/mol. The average molecular weight is 268 g/mol. The molecule has 0 radical (unpaired) electrons. The summed E-state index contributed by atoms with van der Waals surface area (Å²) in [5.41, 5.74) is 0. The van der Waals surface area contributed by atoms with Crippen molar-refractivity contribution in [1.82, 2.24) is 20.0 Å². The Morgan fingerprint density at radius 2 is 1.95 bits per heavy atom. The Bertz CT molecular complexity index is 323. The van der Waals surface area contributed by atoms with Gasteiger partial charge in [0.05, 0.1) is 12.2 Å². The molecule has 2 fully saturated rings. The third-order valence-corrected chi connectivity index (χ3v) is 4.53. The van der Waals surface area contributed by atoms with Gasteiger partial charge in [-0.15, -0.1) is 0 Å². The molecular weight excluding hydrogens is 240 g/mol. The van der Waals surface area contributed by atoms with Crippen molar-refractivity contribution in [3.8, 4) is 0 Å². The fourth-order valence-corrected chi connectivity index (χ4v) is 3.12. The van der Waals surface area contributed by atoms with E-state index in [1.165, 1.54) is 0 Å². The van der Waals surface area contributed by atoms with Gasteiger partial charge in [-0.3, -0.25) is 15.0 Å². The Morgan fingerprint density at radius 3 is 2.58 bits per heavy atom. The number of nitrogens with zero attached hydrogens (tertiary/aromatic N) is 3. The summed E-state index contributed by atoms with van der Waals surface area (Å²) in [6.07, 6.45) is 2.08. The summed E-state index contributed by atoms with van der Waals surface area (Å²) in [6, 6.07) is 0.478. The van der Waals surface area contributed by atoms with Crippen LogP contribution >= 0.6 is 0 Å². The molecule has 1 N–H and O–H groups in total. The number of nitrogens with one attached hydrogen (secondary N) is 1. The molecule has 0 saturated carbocycles. The minimum absolute atomic E-state index is 0.0246. The van der Waals surface area contributed by atoms with E-state index >= 15 is 0 Å². The minimum Gasteiger partial charge on any atom is -0.324 e. The van der Waals surface area contributed by atoms with Crippen LogP contribution in [0.2, 0.25) is 0 Å². The van der Waals surface area contributed by atoms with Crippen molar-refractivity contribution >= 4 is 5.91 Å². The number of rotatable bonds is 4. The Morgan fingerprint density at radius 1 is 1.21 bits per heavy atom. The van der Waals surface area contributed by atoms with E-state index in [1.807, 2.05) is 0 Å². The van der Waals surface area contributed by atoms with Crippen molar-refractivity contribution in [2.24, 2.45) is 0 Å². The van der Waals surface area contributed by atoms with Gasteiger partial charge in [-0.2, -0.15) is 0 Å². The number of piperazine rings is 1. The van der Waals surface area contributed by atoms with E-state index in [9.17, 15) is 4.79 Å². The van der Waals surface area contributed by atoms with Gasteiger partial charge in [0, 0.05) is 32.2 Å². The molecule has 5 heteroatoms. The molecule has 1 amide bonds. The normalized spacial score (nSPS) is 34.2. The first-order valence-corrected chi connectivity index (χ1v) is 7.52. The van der Waals surface area contributed by atoms with E-state index in [4.69, 9.17) is 0 Å². The molecule has 110 valence electrons. The van der Waals surface area contributed by atoms with Crippen molar-refractivity contribution in [3.63, 3.8) is 0 Å². The van der Waals surface area contributed by atoms with Crippen LogP contribution in [0.25, 0.3) is 0 Å². The van der Waals surface area contributed by atoms with Crippen molar-refractivity contribution in [3.05, 3.63) is 0 Å². The van der Waals surface area contributed by atoms with Crippen LogP contribution in [0.4, 0.5) is 0 Å². The smallest absolute Gasteiger partial charge is 0.241 e. The van der Waals surface area contributed by atoms with Crippen LogP contribution in [0.1, 0.15) is 26.7 Å². The number of likely N-dealkylation sites (N-methyl/N-ethyl adjacent to an activating group) is 2. The van der Waals surface area contributed by atoms with Crippen LogP contribution in [0.3, 0.4) is 0 Å². The van der Waals surface area contributed by atoms with Crippen molar-refractivity contribution < 1.29 is 4.79 Å². The highest BCUT2D eigenvalue weighted by atomic mass is 16.2. The number of amides is 1. The molecular formula is C14H28N4O. The molecule has 0 spiro atoms. The third kappa shape index (κ3) is 3.09. The van der Waals surface area contributed by atoms with Crippen LogP contribution in [-0.2, 0) is 4.79 Å². The second kappa shape index (κ2) is 6.20. The van der Waals surface area contributed by atoms with Gasteiger partial charge in [0.15, 0.2) is 0 Å². The number of carbonyl (C=O) groups excluding carboxylic acids is 1. The lowest BCUT2D eigenvalue weighted by Gasteiger charge is -2.40. The second-order valence-electron chi connectivity index (χ2n) is 5.94. The van der Waals surface area contributed by atoms with Gasteiger partial charge in [0.25, 0.3) is 0 Å². The van der Waals surface area contributed by atoms with Gasteiger partial charge in [-0.1, -0.05) is 13.8 Å². The quantitative estimate of drug-likeness (QED) is 0.789. The molecule has 2 heterocycles. The highest BCUT2D eigenvalue weighted by Gasteiger charge is 2.38. The predicted octanol–water partition coefficient (Wildman–Crippen LogP) is 0.179. The lowest BCUT2D eigenvalue weighted by atomic mass is 10.1. The van der Waals surface area contributed by atoms with Crippen molar-refractivity contribution in [1.29, 1.82) is 0 Å². The summed E-state index contributed by atoms with van der Waals surface area (Å²) >= 11 is 0. The summed E-state index contributed by atoms with van der Waals surface area (Å²) in [4.78, 5) is 19.2. The van der Waals surface area contributed by atoms with Crippen molar-refractivity contribution in [2.75, 3.05) is 40.3 Å². The zero-order valence-corrected chi connectivity index (χ0v) is 12.7. The minimum atomic E-state index is 0.0246. The first-order valence-electron chi connectivity index (χ1n) is 7.52. The zero-order chi connectivity index (χ0) is 14.0. The Kier molecular flexibility index (Phi) is 4.81.